The molecule has 1 aromatic rings. The van der Waals surface area contributed by atoms with E-state index in [4.69, 9.17) is 5.73 Å². The lowest BCUT2D eigenvalue weighted by atomic mass is 10.3. The van der Waals surface area contributed by atoms with Crippen molar-refractivity contribution >= 4 is 10.2 Å². The first-order chi connectivity index (χ1) is 8.06. The standard InChI is InChI=1S/C10H18N4O2S/c1-14(8-2-5-11)17(15,16)13-9-10-3-6-12-7-4-10/h3-4,6-7,13H,2,5,8-9,11H2,1H3. The minimum atomic E-state index is -3.42. The predicted molar refractivity (Wildman–Crippen MR) is 66.3 cm³/mol. The van der Waals surface area contributed by atoms with E-state index in [1.807, 2.05) is 0 Å². The summed E-state index contributed by atoms with van der Waals surface area (Å²) in [6.07, 6.45) is 3.90. The van der Waals surface area contributed by atoms with Gasteiger partial charge in [0.15, 0.2) is 0 Å². The number of pyridine rings is 1. The fourth-order valence-electron chi connectivity index (χ4n) is 1.22. The lowest BCUT2D eigenvalue weighted by molar-refractivity contribution is 0.452. The topological polar surface area (TPSA) is 88.3 Å². The molecule has 0 amide bonds. The Hall–Kier alpha value is -1.02. The van der Waals surface area contributed by atoms with Crippen molar-refractivity contribution in [3.8, 4) is 0 Å². The van der Waals surface area contributed by atoms with Crippen LogP contribution in [0.4, 0.5) is 0 Å². The molecule has 0 aliphatic heterocycles. The molecule has 0 saturated carbocycles. The zero-order valence-corrected chi connectivity index (χ0v) is 10.7. The third-order valence-corrected chi connectivity index (χ3v) is 3.81. The second kappa shape index (κ2) is 6.65. The number of nitrogens with zero attached hydrogens (tertiary/aromatic N) is 2. The molecule has 0 radical (unpaired) electrons. The molecule has 0 unspecified atom stereocenters. The summed E-state index contributed by atoms with van der Waals surface area (Å²) < 4.78 is 27.3. The molecule has 7 heteroatoms. The van der Waals surface area contributed by atoms with Gasteiger partial charge in [0, 0.05) is 32.5 Å². The lowest BCUT2D eigenvalue weighted by Gasteiger charge is -2.17. The maximum Gasteiger partial charge on any atom is 0.279 e. The van der Waals surface area contributed by atoms with Crippen LogP contribution < -0.4 is 10.5 Å². The average molecular weight is 258 g/mol. The Balaban J connectivity index is 2.50. The quantitative estimate of drug-likeness (QED) is 0.702. The molecule has 96 valence electrons. The van der Waals surface area contributed by atoms with Gasteiger partial charge in [-0.15, -0.1) is 0 Å². The van der Waals surface area contributed by atoms with Crippen LogP contribution in [-0.2, 0) is 16.8 Å². The van der Waals surface area contributed by atoms with E-state index in [1.165, 1.54) is 11.4 Å². The Morgan fingerprint density at radius 3 is 2.65 bits per heavy atom. The normalized spacial score (nSPS) is 11.9. The molecule has 0 fully saturated rings. The minimum Gasteiger partial charge on any atom is -0.330 e. The first kappa shape index (κ1) is 14.0. The maximum absolute atomic E-state index is 11.8. The van der Waals surface area contributed by atoms with Crippen LogP contribution in [0.2, 0.25) is 0 Å². The summed E-state index contributed by atoms with van der Waals surface area (Å²) >= 11 is 0. The predicted octanol–water partition coefficient (Wildman–Crippen LogP) is -0.303. The van der Waals surface area contributed by atoms with Crippen molar-refractivity contribution in [1.29, 1.82) is 0 Å². The molecule has 1 heterocycles. The highest BCUT2D eigenvalue weighted by Gasteiger charge is 2.15. The highest BCUT2D eigenvalue weighted by atomic mass is 32.2. The zero-order valence-electron chi connectivity index (χ0n) is 9.83. The van der Waals surface area contributed by atoms with Gasteiger partial charge in [0.2, 0.25) is 0 Å². The second-order valence-corrected chi connectivity index (χ2v) is 5.51. The van der Waals surface area contributed by atoms with Crippen molar-refractivity contribution in [2.24, 2.45) is 5.73 Å². The molecule has 0 aromatic carbocycles. The van der Waals surface area contributed by atoms with Crippen LogP contribution in [0.3, 0.4) is 0 Å². The van der Waals surface area contributed by atoms with E-state index in [9.17, 15) is 8.42 Å². The van der Waals surface area contributed by atoms with Crippen LogP contribution in [0, 0.1) is 0 Å². The third kappa shape index (κ3) is 4.78. The second-order valence-electron chi connectivity index (χ2n) is 3.65. The van der Waals surface area contributed by atoms with Gasteiger partial charge in [0.1, 0.15) is 0 Å². The van der Waals surface area contributed by atoms with Gasteiger partial charge in [0.25, 0.3) is 10.2 Å². The number of hydrogen-bond acceptors (Lipinski definition) is 4. The Labute approximate surface area is 102 Å². The van der Waals surface area contributed by atoms with Crippen LogP contribution in [-0.4, -0.2) is 37.8 Å². The average Bonchev–Trinajstić information content (AvgIpc) is 2.35. The fourth-order valence-corrected chi connectivity index (χ4v) is 2.16. The Morgan fingerprint density at radius 1 is 1.41 bits per heavy atom. The number of rotatable bonds is 7. The zero-order chi connectivity index (χ0) is 12.7. The summed E-state index contributed by atoms with van der Waals surface area (Å²) in [5.41, 5.74) is 6.21. The Bertz CT molecular complexity index is 421. The summed E-state index contributed by atoms with van der Waals surface area (Å²) in [4.78, 5) is 3.86. The van der Waals surface area contributed by atoms with Gasteiger partial charge < -0.3 is 5.73 Å². The van der Waals surface area contributed by atoms with E-state index in [2.05, 4.69) is 9.71 Å². The molecule has 17 heavy (non-hydrogen) atoms. The van der Waals surface area contributed by atoms with Gasteiger partial charge in [-0.3, -0.25) is 4.98 Å². The highest BCUT2D eigenvalue weighted by Crippen LogP contribution is 2.00. The van der Waals surface area contributed by atoms with Crippen molar-refractivity contribution in [2.75, 3.05) is 20.1 Å². The molecular formula is C10H18N4O2S. The van der Waals surface area contributed by atoms with Crippen LogP contribution in [0.5, 0.6) is 0 Å². The molecule has 1 rings (SSSR count). The van der Waals surface area contributed by atoms with Crippen molar-refractivity contribution in [3.05, 3.63) is 30.1 Å². The largest absolute Gasteiger partial charge is 0.330 e. The molecule has 0 aliphatic carbocycles. The first-order valence-electron chi connectivity index (χ1n) is 5.36. The van der Waals surface area contributed by atoms with E-state index in [1.54, 1.807) is 24.5 Å². The van der Waals surface area contributed by atoms with E-state index in [-0.39, 0.29) is 6.54 Å². The van der Waals surface area contributed by atoms with Gasteiger partial charge >= 0.3 is 0 Å². The van der Waals surface area contributed by atoms with E-state index in [0.29, 0.717) is 19.5 Å². The van der Waals surface area contributed by atoms with Crippen LogP contribution in [0.25, 0.3) is 0 Å². The van der Waals surface area contributed by atoms with E-state index in [0.717, 1.165) is 5.56 Å². The van der Waals surface area contributed by atoms with Crippen LogP contribution in [0.15, 0.2) is 24.5 Å². The first-order valence-corrected chi connectivity index (χ1v) is 6.80. The highest BCUT2D eigenvalue weighted by molar-refractivity contribution is 7.87. The van der Waals surface area contributed by atoms with Gasteiger partial charge in [-0.2, -0.15) is 17.4 Å². The van der Waals surface area contributed by atoms with E-state index >= 15 is 0 Å². The summed E-state index contributed by atoms with van der Waals surface area (Å²) in [5, 5.41) is 0. The number of nitrogens with one attached hydrogen (secondary N) is 1. The van der Waals surface area contributed by atoms with Crippen molar-refractivity contribution in [3.63, 3.8) is 0 Å². The Kier molecular flexibility index (Phi) is 5.49. The molecule has 0 aliphatic rings. The molecule has 0 atom stereocenters. The smallest absolute Gasteiger partial charge is 0.279 e. The van der Waals surface area contributed by atoms with Crippen LogP contribution >= 0.6 is 0 Å². The maximum atomic E-state index is 11.8. The molecule has 0 bridgehead atoms. The minimum absolute atomic E-state index is 0.262. The third-order valence-electron chi connectivity index (χ3n) is 2.30. The Morgan fingerprint density at radius 2 is 2.06 bits per heavy atom. The summed E-state index contributed by atoms with van der Waals surface area (Å²) in [6.45, 7) is 1.16. The van der Waals surface area contributed by atoms with Crippen molar-refractivity contribution in [1.82, 2.24) is 14.0 Å². The number of nitrogens with two attached hydrogens (primary N) is 1. The molecule has 0 saturated heterocycles. The fraction of sp³-hybridized carbons (Fsp3) is 0.500. The van der Waals surface area contributed by atoms with Crippen LogP contribution in [0.1, 0.15) is 12.0 Å². The SMILES string of the molecule is CN(CCCN)S(=O)(=O)NCc1ccncc1. The summed E-state index contributed by atoms with van der Waals surface area (Å²) in [6, 6.07) is 3.53. The summed E-state index contributed by atoms with van der Waals surface area (Å²) in [7, 11) is -1.89. The van der Waals surface area contributed by atoms with Gasteiger partial charge in [-0.25, -0.2) is 0 Å². The molecular weight excluding hydrogens is 240 g/mol. The number of aromatic nitrogens is 1. The molecule has 3 N–H and O–H groups in total. The molecule has 1 aromatic heterocycles. The lowest BCUT2D eigenvalue weighted by Crippen LogP contribution is -2.38. The number of hydrogen-bond donors (Lipinski definition) is 2. The van der Waals surface area contributed by atoms with Crippen molar-refractivity contribution in [2.45, 2.75) is 13.0 Å². The molecule has 6 nitrogen and oxygen atoms in total. The van der Waals surface area contributed by atoms with Gasteiger partial charge in [-0.05, 0) is 30.7 Å². The van der Waals surface area contributed by atoms with Gasteiger partial charge in [-0.1, -0.05) is 0 Å². The monoisotopic (exact) mass is 258 g/mol. The molecule has 0 spiro atoms. The van der Waals surface area contributed by atoms with Gasteiger partial charge in [0.05, 0.1) is 0 Å². The van der Waals surface area contributed by atoms with E-state index < -0.39 is 10.2 Å². The summed E-state index contributed by atoms with van der Waals surface area (Å²) in [5.74, 6) is 0. The van der Waals surface area contributed by atoms with Crippen molar-refractivity contribution < 1.29 is 8.42 Å².